The molecule has 200 valence electrons. The topological polar surface area (TPSA) is 9.86 Å². The van der Waals surface area contributed by atoms with Gasteiger partial charge in [-0.25, -0.2) is 0 Å². The Bertz CT molecular complexity index is 2520. The maximum atomic E-state index is 2.46. The summed E-state index contributed by atoms with van der Waals surface area (Å²) in [6.45, 7) is 2.27. The van der Waals surface area contributed by atoms with Crippen LogP contribution in [0.2, 0.25) is 0 Å². The molecule has 9 rings (SSSR count). The van der Waals surface area contributed by atoms with Crippen LogP contribution < -0.4 is 0 Å². The summed E-state index contributed by atoms with van der Waals surface area (Å²) in [6, 6.07) is 45.0. The minimum absolute atomic E-state index is 1.01. The SMILES string of the molecule is CCc1cc(-n2c3ccccc3c3cc(-c4ccc5c6ccccc6n(C)c5c4)ccc32)cc2c1sc1ccccc12. The van der Waals surface area contributed by atoms with Crippen LogP contribution in [0.15, 0.2) is 121 Å². The van der Waals surface area contributed by atoms with Crippen LogP contribution in [0.1, 0.15) is 12.5 Å². The first-order valence-electron chi connectivity index (χ1n) is 14.6. The fraction of sp³-hybridized carbons (Fsp3) is 0.0769. The molecule has 0 saturated heterocycles. The van der Waals surface area contributed by atoms with Crippen molar-refractivity contribution in [3.05, 3.63) is 127 Å². The molecule has 0 saturated carbocycles. The van der Waals surface area contributed by atoms with E-state index in [-0.39, 0.29) is 0 Å². The highest BCUT2D eigenvalue weighted by atomic mass is 32.1. The molecule has 0 aliphatic rings. The third-order valence-corrected chi connectivity index (χ3v) is 10.4. The summed E-state index contributed by atoms with van der Waals surface area (Å²) in [4.78, 5) is 0. The van der Waals surface area contributed by atoms with Crippen LogP contribution in [-0.4, -0.2) is 9.13 Å². The van der Waals surface area contributed by atoms with Crippen LogP contribution in [0.5, 0.6) is 0 Å². The molecule has 0 fully saturated rings. The normalized spacial score (nSPS) is 12.1. The molecule has 3 heterocycles. The standard InChI is InChI=1S/C39H28N2S/c1-3-24-20-27(23-33-31-12-6-9-15-38(31)42-39(24)33)41-35-14-8-5-11-29(35)32-21-25(17-19-36(32)41)26-16-18-30-28-10-4-7-13-34(28)40(2)37(30)22-26/h4-23H,3H2,1-2H3. The van der Waals surface area contributed by atoms with Crippen molar-refractivity contribution in [2.24, 2.45) is 7.05 Å². The molecule has 3 aromatic heterocycles. The molecule has 0 spiro atoms. The second-order valence-corrected chi connectivity index (χ2v) is 12.4. The largest absolute Gasteiger partial charge is 0.344 e. The first kappa shape index (κ1) is 23.8. The van der Waals surface area contributed by atoms with Crippen LogP contribution in [0, 0.1) is 0 Å². The second-order valence-electron chi connectivity index (χ2n) is 11.3. The van der Waals surface area contributed by atoms with Crippen molar-refractivity contribution < 1.29 is 0 Å². The van der Waals surface area contributed by atoms with E-state index in [2.05, 4.69) is 144 Å². The lowest BCUT2D eigenvalue weighted by Gasteiger charge is -2.11. The fourth-order valence-corrected chi connectivity index (χ4v) is 8.31. The van der Waals surface area contributed by atoms with E-state index < -0.39 is 0 Å². The molecule has 42 heavy (non-hydrogen) atoms. The maximum absolute atomic E-state index is 2.46. The van der Waals surface area contributed by atoms with E-state index in [1.54, 1.807) is 0 Å². The lowest BCUT2D eigenvalue weighted by Crippen LogP contribution is -1.95. The number of para-hydroxylation sites is 2. The van der Waals surface area contributed by atoms with Gasteiger partial charge >= 0.3 is 0 Å². The molecule has 0 unspecified atom stereocenters. The van der Waals surface area contributed by atoms with Gasteiger partial charge in [-0.05, 0) is 71.6 Å². The number of rotatable bonds is 3. The van der Waals surface area contributed by atoms with Crippen LogP contribution >= 0.6 is 11.3 Å². The second kappa shape index (κ2) is 8.82. The molecule has 0 aliphatic carbocycles. The predicted molar refractivity (Wildman–Crippen MR) is 182 cm³/mol. The van der Waals surface area contributed by atoms with Gasteiger partial charge in [0.2, 0.25) is 0 Å². The number of aryl methyl sites for hydroxylation is 2. The third kappa shape index (κ3) is 3.26. The highest BCUT2D eigenvalue weighted by Gasteiger charge is 2.17. The molecule has 0 N–H and O–H groups in total. The third-order valence-electron chi connectivity index (χ3n) is 9.10. The monoisotopic (exact) mass is 556 g/mol. The van der Waals surface area contributed by atoms with Gasteiger partial charge in [-0.2, -0.15) is 0 Å². The van der Waals surface area contributed by atoms with Crippen LogP contribution in [-0.2, 0) is 13.5 Å². The Morgan fingerprint density at radius 1 is 0.524 bits per heavy atom. The lowest BCUT2D eigenvalue weighted by atomic mass is 10.0. The minimum Gasteiger partial charge on any atom is -0.344 e. The van der Waals surface area contributed by atoms with E-state index in [0.29, 0.717) is 0 Å². The Labute approximate surface area is 247 Å². The predicted octanol–water partition coefficient (Wildman–Crippen LogP) is 11.0. The summed E-state index contributed by atoms with van der Waals surface area (Å²) in [5.74, 6) is 0. The Balaban J connectivity index is 1.28. The highest BCUT2D eigenvalue weighted by molar-refractivity contribution is 7.26. The summed E-state index contributed by atoms with van der Waals surface area (Å²) < 4.78 is 7.55. The van der Waals surface area contributed by atoms with Crippen molar-refractivity contribution in [2.75, 3.05) is 0 Å². The van der Waals surface area contributed by atoms with Gasteiger partial charge in [0.15, 0.2) is 0 Å². The zero-order valence-electron chi connectivity index (χ0n) is 23.6. The molecule has 0 atom stereocenters. The average molecular weight is 557 g/mol. The summed E-state index contributed by atoms with van der Waals surface area (Å²) >= 11 is 1.92. The molecule has 0 aliphatic heterocycles. The van der Waals surface area contributed by atoms with Crippen molar-refractivity contribution >= 4 is 75.1 Å². The molecule has 2 nitrogen and oxygen atoms in total. The van der Waals surface area contributed by atoms with Crippen molar-refractivity contribution in [1.29, 1.82) is 0 Å². The van der Waals surface area contributed by atoms with Gasteiger partial charge in [0.25, 0.3) is 0 Å². The molecular weight excluding hydrogens is 529 g/mol. The zero-order chi connectivity index (χ0) is 27.9. The van der Waals surface area contributed by atoms with Crippen molar-refractivity contribution in [3.63, 3.8) is 0 Å². The summed E-state index contributed by atoms with van der Waals surface area (Å²) in [5.41, 5.74) is 10.1. The Morgan fingerprint density at radius 3 is 2.00 bits per heavy atom. The quantitative estimate of drug-likeness (QED) is 0.205. The average Bonchev–Trinajstić information content (AvgIpc) is 3.68. The zero-order valence-corrected chi connectivity index (χ0v) is 24.4. The molecular formula is C39H28N2S. The number of thiophene rings is 1. The van der Waals surface area contributed by atoms with Crippen LogP contribution in [0.4, 0.5) is 0 Å². The molecule has 3 heteroatoms. The van der Waals surface area contributed by atoms with Gasteiger partial charge in [0, 0.05) is 65.5 Å². The van der Waals surface area contributed by atoms with E-state index in [9.17, 15) is 0 Å². The lowest BCUT2D eigenvalue weighted by molar-refractivity contribution is 1.01. The summed E-state index contributed by atoms with van der Waals surface area (Å²) in [6.07, 6.45) is 1.01. The van der Waals surface area contributed by atoms with Gasteiger partial charge in [-0.15, -0.1) is 11.3 Å². The van der Waals surface area contributed by atoms with Crippen molar-refractivity contribution in [2.45, 2.75) is 13.3 Å². The minimum atomic E-state index is 1.01. The van der Waals surface area contributed by atoms with E-state index >= 15 is 0 Å². The van der Waals surface area contributed by atoms with Gasteiger partial charge < -0.3 is 9.13 Å². The molecule has 0 bridgehead atoms. The van der Waals surface area contributed by atoms with Gasteiger partial charge in [-0.3, -0.25) is 0 Å². The summed E-state index contributed by atoms with van der Waals surface area (Å²) in [7, 11) is 2.17. The number of aromatic nitrogens is 2. The van der Waals surface area contributed by atoms with Gasteiger partial charge in [-0.1, -0.05) is 79.7 Å². The first-order chi connectivity index (χ1) is 20.7. The van der Waals surface area contributed by atoms with Crippen molar-refractivity contribution in [1.82, 2.24) is 9.13 Å². The van der Waals surface area contributed by atoms with E-state index in [1.165, 1.54) is 86.2 Å². The number of hydrogen-bond acceptors (Lipinski definition) is 1. The maximum Gasteiger partial charge on any atom is 0.0541 e. The number of nitrogens with zero attached hydrogens (tertiary/aromatic N) is 2. The molecule has 6 aromatic carbocycles. The summed E-state index contributed by atoms with van der Waals surface area (Å²) in [5, 5.41) is 7.89. The Morgan fingerprint density at radius 2 is 1.17 bits per heavy atom. The highest BCUT2D eigenvalue weighted by Crippen LogP contribution is 2.41. The van der Waals surface area contributed by atoms with Crippen molar-refractivity contribution in [3.8, 4) is 16.8 Å². The fourth-order valence-electron chi connectivity index (χ4n) is 7.04. The van der Waals surface area contributed by atoms with Gasteiger partial charge in [0.05, 0.1) is 11.0 Å². The van der Waals surface area contributed by atoms with Gasteiger partial charge in [0.1, 0.15) is 0 Å². The van der Waals surface area contributed by atoms with Crippen LogP contribution in [0.25, 0.3) is 80.6 Å². The van der Waals surface area contributed by atoms with Crippen LogP contribution in [0.3, 0.4) is 0 Å². The number of fused-ring (bicyclic) bond motifs is 9. The molecule has 0 amide bonds. The number of hydrogen-bond donors (Lipinski definition) is 0. The van der Waals surface area contributed by atoms with E-state index in [1.807, 2.05) is 11.3 Å². The Hall–Kier alpha value is -4.86. The number of benzene rings is 6. The molecule has 0 radical (unpaired) electrons. The van der Waals surface area contributed by atoms with E-state index in [0.717, 1.165) is 6.42 Å². The molecule has 9 aromatic rings. The Kier molecular flexibility index (Phi) is 5.00. The first-order valence-corrected chi connectivity index (χ1v) is 15.5. The van der Waals surface area contributed by atoms with E-state index in [4.69, 9.17) is 0 Å². The smallest absolute Gasteiger partial charge is 0.0541 e.